The molecule has 0 spiro atoms. The monoisotopic (exact) mass is 407 g/mol. The average molecular weight is 408 g/mol. The number of carbonyl (C=O) groups excluding carboxylic acids is 2. The van der Waals surface area contributed by atoms with Gasteiger partial charge in [-0.05, 0) is 50.6 Å². The molecule has 1 aromatic carbocycles. The molecule has 9 heteroatoms. The van der Waals surface area contributed by atoms with Crippen molar-refractivity contribution in [2.75, 3.05) is 30.8 Å². The van der Waals surface area contributed by atoms with Gasteiger partial charge in [0.25, 0.3) is 11.8 Å². The molecule has 2 amide bonds. The maximum absolute atomic E-state index is 12.5. The first-order valence-electron chi connectivity index (χ1n) is 9.08. The van der Waals surface area contributed by atoms with Crippen molar-refractivity contribution >= 4 is 35.6 Å². The van der Waals surface area contributed by atoms with E-state index >= 15 is 0 Å². The van der Waals surface area contributed by atoms with Gasteiger partial charge in [0.2, 0.25) is 0 Å². The van der Waals surface area contributed by atoms with Crippen molar-refractivity contribution in [3.05, 3.63) is 42.2 Å². The Morgan fingerprint density at radius 2 is 2.04 bits per heavy atom. The van der Waals surface area contributed by atoms with Crippen molar-refractivity contribution in [1.29, 1.82) is 0 Å². The van der Waals surface area contributed by atoms with Crippen LogP contribution in [-0.4, -0.2) is 47.9 Å². The average Bonchev–Trinajstić information content (AvgIpc) is 3.18. The summed E-state index contributed by atoms with van der Waals surface area (Å²) in [4.78, 5) is 24.4. The Hall–Kier alpha value is -2.42. The summed E-state index contributed by atoms with van der Waals surface area (Å²) < 4.78 is 6.84. The summed E-state index contributed by atoms with van der Waals surface area (Å²) in [6, 6.07) is 8.96. The Balaban J connectivity index is 0.00000280. The fraction of sp³-hybridized carbons (Fsp3) is 0.421. The molecule has 1 aliphatic heterocycles. The highest BCUT2D eigenvalue weighted by Gasteiger charge is 2.18. The summed E-state index contributed by atoms with van der Waals surface area (Å²) in [5, 5.41) is 13.3. The number of hydrogen-bond donors (Lipinski definition) is 3. The van der Waals surface area contributed by atoms with Crippen LogP contribution in [0, 0.1) is 0 Å². The number of amides is 2. The number of piperidine rings is 1. The molecule has 1 saturated heterocycles. The Kier molecular flexibility index (Phi) is 7.98. The number of ether oxygens (including phenoxy) is 1. The number of methoxy groups -OCH3 is 1. The molecule has 3 rings (SSSR count). The number of halogens is 1. The first kappa shape index (κ1) is 21.9. The molecule has 8 nitrogen and oxygen atoms in total. The van der Waals surface area contributed by atoms with Crippen LogP contribution in [0.5, 0.6) is 0 Å². The molecule has 2 heterocycles. The zero-order valence-corrected chi connectivity index (χ0v) is 16.8. The van der Waals surface area contributed by atoms with E-state index in [0.29, 0.717) is 17.1 Å². The molecule has 0 radical (unpaired) electrons. The predicted molar refractivity (Wildman–Crippen MR) is 110 cm³/mol. The highest BCUT2D eigenvalue weighted by Crippen LogP contribution is 2.18. The minimum atomic E-state index is -0.554. The van der Waals surface area contributed by atoms with Gasteiger partial charge in [-0.1, -0.05) is 6.07 Å². The molecule has 2 aromatic rings. The van der Waals surface area contributed by atoms with Crippen LogP contribution in [0.25, 0.3) is 0 Å². The number of rotatable bonds is 6. The van der Waals surface area contributed by atoms with Gasteiger partial charge in [-0.15, -0.1) is 12.4 Å². The van der Waals surface area contributed by atoms with Gasteiger partial charge < -0.3 is 20.7 Å². The van der Waals surface area contributed by atoms with E-state index in [1.807, 2.05) is 10.9 Å². The topological polar surface area (TPSA) is 97.3 Å². The standard InChI is InChI=1S/C19H25N5O3.ClH/c1-13(27-2)18(25)21-14-5-3-6-15(11-14)22-19(26)17-8-10-24(23-17)16-7-4-9-20-12-16;/h3,5-6,8,10-11,13,16,20H,4,7,9,12H2,1-2H3,(H,21,25)(H,22,26);1H. The second-order valence-corrected chi connectivity index (χ2v) is 6.58. The van der Waals surface area contributed by atoms with E-state index in [2.05, 4.69) is 21.0 Å². The second-order valence-electron chi connectivity index (χ2n) is 6.58. The van der Waals surface area contributed by atoms with Crippen LogP contribution in [0.15, 0.2) is 36.5 Å². The zero-order valence-electron chi connectivity index (χ0n) is 16.0. The maximum atomic E-state index is 12.5. The molecule has 1 fully saturated rings. The Bertz CT molecular complexity index is 804. The molecule has 1 aliphatic rings. The third kappa shape index (κ3) is 5.54. The quantitative estimate of drug-likeness (QED) is 0.683. The molecule has 0 saturated carbocycles. The van der Waals surface area contributed by atoms with Crippen LogP contribution < -0.4 is 16.0 Å². The molecule has 28 heavy (non-hydrogen) atoms. The lowest BCUT2D eigenvalue weighted by atomic mass is 10.1. The van der Waals surface area contributed by atoms with Crippen molar-refractivity contribution in [2.24, 2.45) is 0 Å². The molecule has 3 N–H and O–H groups in total. The fourth-order valence-corrected chi connectivity index (χ4v) is 2.94. The lowest BCUT2D eigenvalue weighted by Gasteiger charge is -2.22. The highest BCUT2D eigenvalue weighted by molar-refractivity contribution is 6.03. The largest absolute Gasteiger partial charge is 0.372 e. The molecular weight excluding hydrogens is 382 g/mol. The molecule has 152 valence electrons. The molecular formula is C19H26ClN5O3. The van der Waals surface area contributed by atoms with Gasteiger partial charge in [-0.2, -0.15) is 5.10 Å². The van der Waals surface area contributed by atoms with Crippen LogP contribution in [0.2, 0.25) is 0 Å². The predicted octanol–water partition coefficient (Wildman–Crippen LogP) is 2.46. The fourth-order valence-electron chi connectivity index (χ4n) is 2.94. The van der Waals surface area contributed by atoms with E-state index in [1.165, 1.54) is 7.11 Å². The normalized spacial score (nSPS) is 17.3. The molecule has 2 atom stereocenters. The van der Waals surface area contributed by atoms with E-state index in [9.17, 15) is 9.59 Å². The number of carbonyl (C=O) groups is 2. The third-order valence-corrected chi connectivity index (χ3v) is 4.60. The SMILES string of the molecule is COC(C)C(=O)Nc1cccc(NC(=O)c2ccn(C3CCCNC3)n2)c1.Cl. The Morgan fingerprint density at radius 1 is 1.29 bits per heavy atom. The van der Waals surface area contributed by atoms with E-state index in [1.54, 1.807) is 37.3 Å². The minimum absolute atomic E-state index is 0. The third-order valence-electron chi connectivity index (χ3n) is 4.60. The van der Waals surface area contributed by atoms with Crippen molar-refractivity contribution in [2.45, 2.75) is 31.9 Å². The van der Waals surface area contributed by atoms with Gasteiger partial charge in [0, 0.05) is 31.2 Å². The lowest BCUT2D eigenvalue weighted by molar-refractivity contribution is -0.124. The molecule has 2 unspecified atom stereocenters. The van der Waals surface area contributed by atoms with Gasteiger partial charge in [-0.25, -0.2) is 0 Å². The van der Waals surface area contributed by atoms with E-state index < -0.39 is 6.10 Å². The molecule has 0 bridgehead atoms. The van der Waals surface area contributed by atoms with Gasteiger partial charge in [0.05, 0.1) is 6.04 Å². The summed E-state index contributed by atoms with van der Waals surface area (Å²) in [6.07, 6.45) is 3.44. The van der Waals surface area contributed by atoms with Crippen LogP contribution in [-0.2, 0) is 9.53 Å². The molecule has 1 aromatic heterocycles. The smallest absolute Gasteiger partial charge is 0.276 e. The Morgan fingerprint density at radius 3 is 2.71 bits per heavy atom. The lowest BCUT2D eigenvalue weighted by Crippen LogP contribution is -2.32. The number of benzene rings is 1. The highest BCUT2D eigenvalue weighted by atomic mass is 35.5. The number of nitrogens with zero attached hydrogens (tertiary/aromatic N) is 2. The van der Waals surface area contributed by atoms with Crippen molar-refractivity contribution in [3.8, 4) is 0 Å². The summed E-state index contributed by atoms with van der Waals surface area (Å²) >= 11 is 0. The van der Waals surface area contributed by atoms with Crippen molar-refractivity contribution in [3.63, 3.8) is 0 Å². The molecule has 0 aliphatic carbocycles. The Labute approximate surface area is 170 Å². The first-order chi connectivity index (χ1) is 13.1. The maximum Gasteiger partial charge on any atom is 0.276 e. The first-order valence-corrected chi connectivity index (χ1v) is 9.08. The van der Waals surface area contributed by atoms with E-state index in [4.69, 9.17) is 4.74 Å². The van der Waals surface area contributed by atoms with Crippen LogP contribution in [0.1, 0.15) is 36.3 Å². The van der Waals surface area contributed by atoms with Gasteiger partial charge in [-0.3, -0.25) is 14.3 Å². The summed E-state index contributed by atoms with van der Waals surface area (Å²) in [5.74, 6) is -0.535. The summed E-state index contributed by atoms with van der Waals surface area (Å²) in [6.45, 7) is 3.56. The van der Waals surface area contributed by atoms with Crippen molar-refractivity contribution < 1.29 is 14.3 Å². The van der Waals surface area contributed by atoms with Crippen LogP contribution >= 0.6 is 12.4 Å². The van der Waals surface area contributed by atoms with Gasteiger partial charge in [0.15, 0.2) is 5.69 Å². The van der Waals surface area contributed by atoms with E-state index in [-0.39, 0.29) is 30.3 Å². The van der Waals surface area contributed by atoms with Gasteiger partial charge in [0.1, 0.15) is 6.10 Å². The second kappa shape index (κ2) is 10.2. The number of aromatic nitrogens is 2. The summed E-state index contributed by atoms with van der Waals surface area (Å²) in [7, 11) is 1.48. The van der Waals surface area contributed by atoms with E-state index in [0.717, 1.165) is 25.9 Å². The zero-order chi connectivity index (χ0) is 19.2. The number of hydrogen-bond acceptors (Lipinski definition) is 5. The number of anilines is 2. The number of nitrogens with one attached hydrogen (secondary N) is 3. The van der Waals surface area contributed by atoms with Crippen LogP contribution in [0.4, 0.5) is 11.4 Å². The van der Waals surface area contributed by atoms with Crippen LogP contribution in [0.3, 0.4) is 0 Å². The van der Waals surface area contributed by atoms with Crippen molar-refractivity contribution in [1.82, 2.24) is 15.1 Å². The minimum Gasteiger partial charge on any atom is -0.372 e. The summed E-state index contributed by atoms with van der Waals surface area (Å²) in [5.41, 5.74) is 1.53. The van der Waals surface area contributed by atoms with Gasteiger partial charge >= 0.3 is 0 Å².